The van der Waals surface area contributed by atoms with E-state index in [1.807, 2.05) is 0 Å². The highest BCUT2D eigenvalue weighted by atomic mass is 16.5. The van der Waals surface area contributed by atoms with E-state index < -0.39 is 0 Å². The molecule has 0 aromatic rings. The zero-order valence-corrected chi connectivity index (χ0v) is 14.0. The topological polar surface area (TPSA) is 24.5 Å². The van der Waals surface area contributed by atoms with Crippen LogP contribution in [0.15, 0.2) is 0 Å². The molecule has 3 nitrogen and oxygen atoms in total. The fourth-order valence-corrected chi connectivity index (χ4v) is 3.69. The van der Waals surface area contributed by atoms with Gasteiger partial charge in [-0.25, -0.2) is 0 Å². The van der Waals surface area contributed by atoms with E-state index in [1.165, 1.54) is 38.6 Å². The molecule has 1 atom stereocenters. The fraction of sp³-hybridized carbons (Fsp3) is 1.00. The highest BCUT2D eigenvalue weighted by Gasteiger charge is 2.36. The molecule has 1 aliphatic heterocycles. The third-order valence-electron chi connectivity index (χ3n) is 5.10. The van der Waals surface area contributed by atoms with Gasteiger partial charge in [0, 0.05) is 31.2 Å². The smallest absolute Gasteiger partial charge is 0.0597 e. The maximum atomic E-state index is 5.76. The highest BCUT2D eigenvalue weighted by molar-refractivity contribution is 4.95. The Morgan fingerprint density at radius 1 is 1.20 bits per heavy atom. The molecule has 1 saturated carbocycles. The first kappa shape index (κ1) is 16.3. The third kappa shape index (κ3) is 4.44. The Balaban J connectivity index is 1.86. The molecule has 1 N–H and O–H groups in total. The van der Waals surface area contributed by atoms with E-state index in [4.69, 9.17) is 4.74 Å². The minimum Gasteiger partial charge on any atom is -0.377 e. The summed E-state index contributed by atoms with van der Waals surface area (Å²) in [5, 5.41) is 3.83. The predicted octanol–water partition coefficient (Wildman–Crippen LogP) is 3.04. The van der Waals surface area contributed by atoms with Crippen molar-refractivity contribution in [1.29, 1.82) is 0 Å². The number of ether oxygens (including phenoxy) is 1. The second kappa shape index (κ2) is 7.24. The van der Waals surface area contributed by atoms with Crippen molar-refractivity contribution in [2.45, 2.75) is 77.5 Å². The van der Waals surface area contributed by atoms with Gasteiger partial charge in [0.2, 0.25) is 0 Å². The summed E-state index contributed by atoms with van der Waals surface area (Å²) in [6.45, 7) is 13.2. The molecule has 0 aromatic heterocycles. The molecule has 1 aliphatic carbocycles. The minimum atomic E-state index is 0.255. The molecule has 0 amide bonds. The maximum Gasteiger partial charge on any atom is 0.0597 e. The van der Waals surface area contributed by atoms with Gasteiger partial charge in [-0.05, 0) is 46.5 Å². The summed E-state index contributed by atoms with van der Waals surface area (Å²) in [5.74, 6) is 0.897. The summed E-state index contributed by atoms with van der Waals surface area (Å²) >= 11 is 0. The molecule has 1 saturated heterocycles. The molecular formula is C17H34N2O. The third-order valence-corrected chi connectivity index (χ3v) is 5.10. The maximum absolute atomic E-state index is 5.76. The van der Waals surface area contributed by atoms with Crippen LogP contribution in [-0.2, 0) is 4.74 Å². The zero-order valence-electron chi connectivity index (χ0n) is 14.0. The van der Waals surface area contributed by atoms with Crippen LogP contribution < -0.4 is 5.32 Å². The van der Waals surface area contributed by atoms with Gasteiger partial charge in [0.25, 0.3) is 0 Å². The Labute approximate surface area is 125 Å². The van der Waals surface area contributed by atoms with Gasteiger partial charge in [-0.15, -0.1) is 0 Å². The van der Waals surface area contributed by atoms with Crippen LogP contribution in [0.4, 0.5) is 0 Å². The van der Waals surface area contributed by atoms with Crippen molar-refractivity contribution in [3.05, 3.63) is 0 Å². The lowest BCUT2D eigenvalue weighted by Gasteiger charge is -2.48. The van der Waals surface area contributed by atoms with Crippen LogP contribution in [0.25, 0.3) is 0 Å². The first-order valence-corrected chi connectivity index (χ1v) is 8.59. The second-order valence-electron chi connectivity index (χ2n) is 7.56. The van der Waals surface area contributed by atoms with Crippen LogP contribution in [0.1, 0.15) is 59.8 Å². The molecule has 3 heteroatoms. The Bertz CT molecular complexity index is 285. The molecule has 2 rings (SSSR count). The van der Waals surface area contributed by atoms with Gasteiger partial charge in [0.1, 0.15) is 0 Å². The van der Waals surface area contributed by atoms with Crippen LogP contribution in [0.3, 0.4) is 0 Å². The van der Waals surface area contributed by atoms with Crippen molar-refractivity contribution in [3.8, 4) is 0 Å². The van der Waals surface area contributed by atoms with Crippen LogP contribution >= 0.6 is 0 Å². The number of nitrogens with zero attached hydrogens (tertiary/aromatic N) is 1. The molecule has 1 heterocycles. The van der Waals surface area contributed by atoms with Crippen LogP contribution in [0.5, 0.6) is 0 Å². The normalized spacial score (nSPS) is 28.9. The Morgan fingerprint density at radius 2 is 1.90 bits per heavy atom. The Kier molecular flexibility index (Phi) is 5.88. The van der Waals surface area contributed by atoms with Crippen molar-refractivity contribution < 1.29 is 4.74 Å². The fourth-order valence-electron chi connectivity index (χ4n) is 3.69. The summed E-state index contributed by atoms with van der Waals surface area (Å²) in [6, 6.07) is 0.697. The average molecular weight is 282 g/mol. The number of rotatable bonds is 5. The van der Waals surface area contributed by atoms with Crippen molar-refractivity contribution in [3.63, 3.8) is 0 Å². The lowest BCUT2D eigenvalue weighted by atomic mass is 9.81. The van der Waals surface area contributed by atoms with Gasteiger partial charge in [0.05, 0.1) is 12.7 Å². The summed E-state index contributed by atoms with van der Waals surface area (Å²) < 4.78 is 5.76. The van der Waals surface area contributed by atoms with Gasteiger partial charge in [-0.1, -0.05) is 19.3 Å². The van der Waals surface area contributed by atoms with Crippen LogP contribution in [0.2, 0.25) is 0 Å². The minimum absolute atomic E-state index is 0.255. The second-order valence-corrected chi connectivity index (χ2v) is 7.56. The first-order valence-electron chi connectivity index (χ1n) is 8.59. The first-order chi connectivity index (χ1) is 9.49. The number of hydrogen-bond donors (Lipinski definition) is 1. The van der Waals surface area contributed by atoms with E-state index >= 15 is 0 Å². The quantitative estimate of drug-likeness (QED) is 0.839. The summed E-state index contributed by atoms with van der Waals surface area (Å²) in [4.78, 5) is 2.64. The molecule has 0 radical (unpaired) electrons. The predicted molar refractivity (Wildman–Crippen MR) is 85.1 cm³/mol. The van der Waals surface area contributed by atoms with Crippen molar-refractivity contribution >= 4 is 0 Å². The largest absolute Gasteiger partial charge is 0.377 e. The molecule has 0 bridgehead atoms. The molecular weight excluding hydrogens is 248 g/mol. The summed E-state index contributed by atoms with van der Waals surface area (Å²) in [6.07, 6.45) is 7.50. The van der Waals surface area contributed by atoms with Gasteiger partial charge in [-0.2, -0.15) is 0 Å². The SMILES string of the molecule is CC(C)OCCN1CC(C2CCCCC2)NCC1(C)C. The van der Waals surface area contributed by atoms with Gasteiger partial charge in [0.15, 0.2) is 0 Å². The number of hydrogen-bond acceptors (Lipinski definition) is 3. The lowest BCUT2D eigenvalue weighted by molar-refractivity contribution is 0.00159. The van der Waals surface area contributed by atoms with Crippen molar-refractivity contribution in [2.75, 3.05) is 26.2 Å². The van der Waals surface area contributed by atoms with Gasteiger partial charge < -0.3 is 10.1 Å². The molecule has 0 spiro atoms. The molecule has 1 unspecified atom stereocenters. The number of piperazine rings is 1. The van der Waals surface area contributed by atoms with E-state index in [0.29, 0.717) is 12.1 Å². The van der Waals surface area contributed by atoms with Crippen molar-refractivity contribution in [1.82, 2.24) is 10.2 Å². The average Bonchev–Trinajstić information content (AvgIpc) is 2.41. The number of nitrogens with one attached hydrogen (secondary N) is 1. The van der Waals surface area contributed by atoms with E-state index in [0.717, 1.165) is 25.6 Å². The van der Waals surface area contributed by atoms with E-state index in [1.54, 1.807) is 0 Å². The van der Waals surface area contributed by atoms with Crippen molar-refractivity contribution in [2.24, 2.45) is 5.92 Å². The monoisotopic (exact) mass is 282 g/mol. The van der Waals surface area contributed by atoms with Gasteiger partial charge in [-0.3, -0.25) is 4.90 Å². The van der Waals surface area contributed by atoms with Crippen LogP contribution in [-0.4, -0.2) is 48.8 Å². The molecule has 118 valence electrons. The van der Waals surface area contributed by atoms with E-state index in [9.17, 15) is 0 Å². The van der Waals surface area contributed by atoms with E-state index in [2.05, 4.69) is 37.9 Å². The molecule has 0 aromatic carbocycles. The summed E-state index contributed by atoms with van der Waals surface area (Å²) in [5.41, 5.74) is 0.255. The summed E-state index contributed by atoms with van der Waals surface area (Å²) in [7, 11) is 0. The molecule has 2 aliphatic rings. The zero-order chi connectivity index (χ0) is 14.6. The van der Waals surface area contributed by atoms with Crippen LogP contribution in [0, 0.1) is 5.92 Å². The Morgan fingerprint density at radius 3 is 2.55 bits per heavy atom. The standard InChI is InChI=1S/C17H34N2O/c1-14(2)20-11-10-19-12-16(18-13-17(19,3)4)15-8-6-5-7-9-15/h14-16,18H,5-13H2,1-4H3. The highest BCUT2D eigenvalue weighted by Crippen LogP contribution is 2.30. The van der Waals surface area contributed by atoms with E-state index in [-0.39, 0.29) is 5.54 Å². The lowest BCUT2D eigenvalue weighted by Crippen LogP contribution is -2.64. The Hall–Kier alpha value is -0.120. The molecule has 2 fully saturated rings. The van der Waals surface area contributed by atoms with Gasteiger partial charge >= 0.3 is 0 Å². The molecule has 20 heavy (non-hydrogen) atoms.